The molecule has 2 atom stereocenters. The molecule has 0 spiro atoms. The molecule has 2 radical (unpaired) electrons. The van der Waals surface area contributed by atoms with Gasteiger partial charge >= 0.3 is 37.1 Å². The number of hydrogen-bond acceptors (Lipinski definition) is 8. The SMILES string of the molecule is C.COC([NH-])=O.COC([NH-])=O.O=[C-]Pc1ncc(-c2ccc(C#Cc3ccc(-c4cnc(P[C-]=O)[nH]4)cc3)cc2)[nH]1.[V+2].[V+2]. The number of methoxy groups -OCH3 is 2. The average Bonchev–Trinajstić information content (AvgIpc) is 3.64. The van der Waals surface area contributed by atoms with Gasteiger partial charge in [0.2, 0.25) is 12.2 Å². The van der Waals surface area contributed by atoms with E-state index in [0.29, 0.717) is 11.1 Å². The van der Waals surface area contributed by atoms with Crippen LogP contribution in [0.1, 0.15) is 18.6 Å². The fraction of sp³-hybridized carbons (Fsp3) is 0.111. The molecule has 2 aromatic heterocycles. The van der Waals surface area contributed by atoms with Gasteiger partial charge in [-0.05, 0) is 35.4 Å². The molecule has 2 heterocycles. The number of aromatic nitrogens is 4. The number of rotatable bonds is 6. The third kappa shape index (κ3) is 15.4. The Hall–Kier alpha value is -3.67. The zero-order valence-corrected chi connectivity index (χ0v) is 26.8. The Kier molecular flexibility index (Phi) is 22.0. The fourth-order valence-electron chi connectivity index (χ4n) is 2.77. The quantitative estimate of drug-likeness (QED) is 0.163. The van der Waals surface area contributed by atoms with E-state index in [1.807, 2.05) is 60.6 Å². The van der Waals surface area contributed by atoms with Crippen molar-refractivity contribution in [3.63, 3.8) is 0 Å². The molecule has 2 aromatic carbocycles. The normalized spacial score (nSPS) is 9.26. The van der Waals surface area contributed by atoms with Gasteiger partial charge in [0.15, 0.2) is 0 Å². The number of ether oxygens (including phenoxy) is 2. The zero-order valence-electron chi connectivity index (χ0n) is 22.0. The van der Waals surface area contributed by atoms with Crippen LogP contribution in [-0.4, -0.2) is 58.4 Å². The number of nitrogens with zero attached hydrogens (tertiary/aromatic N) is 2. The molecule has 0 saturated carbocycles. The molecule has 0 bridgehead atoms. The maximum Gasteiger partial charge on any atom is 2.00 e. The van der Waals surface area contributed by atoms with Crippen LogP contribution in [0.5, 0.6) is 0 Å². The van der Waals surface area contributed by atoms with Gasteiger partial charge in [-0.2, -0.15) is 17.2 Å². The molecule has 0 saturated heterocycles. The molecule has 0 fully saturated rings. The van der Waals surface area contributed by atoms with Crippen molar-refractivity contribution in [1.82, 2.24) is 19.9 Å². The molecule has 4 aromatic rings. The largest absolute Gasteiger partial charge is 2.00 e. The van der Waals surface area contributed by atoms with E-state index in [4.69, 9.17) is 11.5 Å². The Labute approximate surface area is 276 Å². The fourth-order valence-corrected chi connectivity index (χ4v) is 3.62. The molecular formula is C27H26N6O6P2V2. The summed E-state index contributed by atoms with van der Waals surface area (Å²) in [5, 5.41) is 0. The summed E-state index contributed by atoms with van der Waals surface area (Å²) in [5.74, 6) is 6.31. The maximum atomic E-state index is 10.5. The summed E-state index contributed by atoms with van der Waals surface area (Å²) >= 11 is 0. The summed E-state index contributed by atoms with van der Waals surface area (Å²) in [7, 11) is 2.14. The van der Waals surface area contributed by atoms with Crippen molar-refractivity contribution in [2.75, 3.05) is 14.2 Å². The molecule has 0 aliphatic heterocycles. The number of amides is 2. The van der Waals surface area contributed by atoms with E-state index in [1.54, 1.807) is 12.4 Å². The van der Waals surface area contributed by atoms with Crippen molar-refractivity contribution < 1.29 is 65.8 Å². The minimum Gasteiger partial charge on any atom is -0.632 e. The van der Waals surface area contributed by atoms with E-state index in [9.17, 15) is 19.2 Å². The van der Waals surface area contributed by atoms with E-state index >= 15 is 0 Å². The van der Waals surface area contributed by atoms with Gasteiger partial charge in [0, 0.05) is 11.1 Å². The van der Waals surface area contributed by atoms with Gasteiger partial charge in [-0.3, -0.25) is 9.59 Å². The topological polar surface area (TPSA) is 192 Å². The first-order valence-electron chi connectivity index (χ1n) is 11.0. The van der Waals surface area contributed by atoms with Crippen LogP contribution in [0.4, 0.5) is 9.59 Å². The first-order valence-corrected chi connectivity index (χ1v) is 13.0. The minimum atomic E-state index is -0.995. The van der Waals surface area contributed by atoms with E-state index < -0.39 is 12.2 Å². The predicted molar refractivity (Wildman–Crippen MR) is 161 cm³/mol. The van der Waals surface area contributed by atoms with Gasteiger partial charge in [0.05, 0.1) is 49.1 Å². The van der Waals surface area contributed by atoms with Crippen molar-refractivity contribution >= 4 is 52.5 Å². The smallest absolute Gasteiger partial charge is 0.632 e. The number of imidazole rings is 2. The number of aromatic amines is 2. The molecule has 0 aliphatic rings. The van der Waals surface area contributed by atoms with Crippen LogP contribution < -0.4 is 11.1 Å². The van der Waals surface area contributed by atoms with Crippen LogP contribution in [0, 0.1) is 11.8 Å². The molecule has 4 N–H and O–H groups in total. The van der Waals surface area contributed by atoms with Crippen LogP contribution in [0.15, 0.2) is 60.9 Å². The summed E-state index contributed by atoms with van der Waals surface area (Å²) in [5.41, 5.74) is 18.7. The summed E-state index contributed by atoms with van der Waals surface area (Å²) in [6, 6.07) is 19.4. The van der Waals surface area contributed by atoms with Crippen LogP contribution in [0.25, 0.3) is 34.0 Å². The molecule has 4 rings (SSSR count). The van der Waals surface area contributed by atoms with Gasteiger partial charge in [-0.1, -0.05) is 43.5 Å². The second-order valence-corrected chi connectivity index (χ2v) is 8.99. The van der Waals surface area contributed by atoms with Crippen molar-refractivity contribution in [2.24, 2.45) is 0 Å². The molecule has 12 nitrogen and oxygen atoms in total. The zero-order chi connectivity index (χ0) is 29.3. The third-order valence-electron chi connectivity index (χ3n) is 4.60. The van der Waals surface area contributed by atoms with Crippen molar-refractivity contribution in [3.05, 3.63) is 83.5 Å². The Morgan fingerprint density at radius 1 is 0.721 bits per heavy atom. The Bertz CT molecular complexity index is 1380. The van der Waals surface area contributed by atoms with E-state index in [-0.39, 0.29) is 61.7 Å². The Balaban J connectivity index is 0. The van der Waals surface area contributed by atoms with Crippen LogP contribution in [0.2, 0.25) is 0 Å². The summed E-state index contributed by atoms with van der Waals surface area (Å²) in [6.45, 7) is 0. The number of H-pyrrole nitrogens is 2. The first kappa shape index (κ1) is 41.5. The predicted octanol–water partition coefficient (Wildman–Crippen LogP) is 4.85. The van der Waals surface area contributed by atoms with Crippen molar-refractivity contribution in [3.8, 4) is 34.4 Å². The Morgan fingerprint density at radius 2 is 1.02 bits per heavy atom. The van der Waals surface area contributed by atoms with Crippen LogP contribution in [-0.2, 0) is 56.2 Å². The van der Waals surface area contributed by atoms with Gasteiger partial charge in [-0.25, -0.2) is 22.0 Å². The number of carbonyl (C=O) groups is 2. The number of hydrogen-bond donors (Lipinski definition) is 2. The third-order valence-corrected chi connectivity index (χ3v) is 5.79. The molecule has 220 valence electrons. The van der Waals surface area contributed by atoms with E-state index in [1.165, 1.54) is 0 Å². The molecule has 16 heteroatoms. The minimum absolute atomic E-state index is 0. The van der Waals surface area contributed by atoms with Gasteiger partial charge in [0.25, 0.3) is 0 Å². The summed E-state index contributed by atoms with van der Waals surface area (Å²) in [6.07, 6.45) is 1.43. The van der Waals surface area contributed by atoms with E-state index in [0.717, 1.165) is 47.9 Å². The van der Waals surface area contributed by atoms with Gasteiger partial charge in [0.1, 0.15) is 0 Å². The number of carbonyl (C=O) groups excluding carboxylic acids is 4. The van der Waals surface area contributed by atoms with Crippen molar-refractivity contribution in [1.29, 1.82) is 0 Å². The van der Waals surface area contributed by atoms with Gasteiger partial charge in [-0.15, -0.1) is 0 Å². The van der Waals surface area contributed by atoms with Crippen molar-refractivity contribution in [2.45, 2.75) is 7.43 Å². The molecule has 0 aliphatic carbocycles. The second kappa shape index (κ2) is 22.9. The van der Waals surface area contributed by atoms with Crippen LogP contribution in [0.3, 0.4) is 0 Å². The van der Waals surface area contributed by atoms with E-state index in [2.05, 4.69) is 41.3 Å². The first-order chi connectivity index (χ1) is 19.3. The number of nitrogens with one attached hydrogen (secondary N) is 4. The monoisotopic (exact) mass is 694 g/mol. The molecule has 2 unspecified atom stereocenters. The molecule has 2 amide bonds. The maximum absolute atomic E-state index is 10.5. The summed E-state index contributed by atoms with van der Waals surface area (Å²) < 4.78 is 7.56. The Morgan fingerprint density at radius 3 is 1.28 bits per heavy atom. The standard InChI is InChI=1S/C22H14N4O2P2.2C2H5NO2.CH4.2V/c27-13-29-21-23-11-19(25-21)17-7-3-15(4-8-17)1-2-16-5-9-18(10-6-16)20-12-24-22(26-20)30-14-28;2*1-5-2(3)4;;;/h3-12,29-30H,(H,23,25)(H,24,26);2*1H3,(H2,3,4);1H4;;/q-2;;;;2*+2/p-2. The molecule has 43 heavy (non-hydrogen) atoms. The molecular weight excluding hydrogens is 668 g/mol. The second-order valence-electron chi connectivity index (χ2n) is 7.13. The summed E-state index contributed by atoms with van der Waals surface area (Å²) in [4.78, 5) is 54.0. The average molecular weight is 694 g/mol. The van der Waals surface area contributed by atoms with Crippen LogP contribution >= 0.6 is 17.2 Å². The number of benzene rings is 2. The van der Waals surface area contributed by atoms with Gasteiger partial charge < -0.3 is 40.5 Å².